The van der Waals surface area contributed by atoms with E-state index in [1.54, 1.807) is 0 Å². The van der Waals surface area contributed by atoms with Crippen LogP contribution in [0.1, 0.15) is 39.5 Å². The summed E-state index contributed by atoms with van der Waals surface area (Å²) in [6, 6.07) is 0. The zero-order valence-corrected chi connectivity index (χ0v) is 15.6. The Balaban J connectivity index is 1.71. The second-order valence-electron chi connectivity index (χ2n) is 7.53. The van der Waals surface area contributed by atoms with Crippen LogP contribution in [0.5, 0.6) is 0 Å². The van der Waals surface area contributed by atoms with Crippen LogP contribution in [0.25, 0.3) is 0 Å². The van der Waals surface area contributed by atoms with E-state index < -0.39 is 7.12 Å². The van der Waals surface area contributed by atoms with E-state index in [0.29, 0.717) is 30.3 Å². The van der Waals surface area contributed by atoms with Gasteiger partial charge in [-0.3, -0.25) is 14.9 Å². The normalized spacial score (nSPS) is 25.0. The van der Waals surface area contributed by atoms with Crippen molar-refractivity contribution in [1.29, 1.82) is 0 Å². The lowest BCUT2D eigenvalue weighted by Crippen LogP contribution is -2.31. The Morgan fingerprint density at radius 1 is 1.26 bits per heavy atom. The van der Waals surface area contributed by atoms with Crippen LogP contribution < -0.4 is 10.8 Å². The molecule has 0 aliphatic heterocycles. The summed E-state index contributed by atoms with van der Waals surface area (Å²) in [6.45, 7) is 8.05. The summed E-state index contributed by atoms with van der Waals surface area (Å²) in [6.07, 6.45) is 5.56. The molecule has 0 aromatic carbocycles. The third-order valence-electron chi connectivity index (χ3n) is 5.86. The number of ketones is 1. The van der Waals surface area contributed by atoms with Gasteiger partial charge in [0.15, 0.2) is 5.78 Å². The van der Waals surface area contributed by atoms with Gasteiger partial charge >= 0.3 is 7.12 Å². The zero-order chi connectivity index (χ0) is 19.7. The van der Waals surface area contributed by atoms with Crippen LogP contribution in [0.3, 0.4) is 0 Å². The standard InChI is InChI=1S/C19H24BN3O4/c1-10-4-5-13(6-16-12(3)17(24)7-15(10)16)11(2)18(25)23-19-21-8-14(9-22-19)20(26)27/h8-10,13,15,26-27H,2,4-7H2,1,3H3,(H,21,22,23,25)/t10-,13+,15-/m0/s1. The van der Waals surface area contributed by atoms with Gasteiger partial charge in [0.1, 0.15) is 0 Å². The number of carbonyl (C=O) groups excluding carboxylic acids is 2. The van der Waals surface area contributed by atoms with Crippen molar-refractivity contribution in [2.45, 2.75) is 39.5 Å². The quantitative estimate of drug-likeness (QED) is 0.539. The van der Waals surface area contributed by atoms with Crippen molar-refractivity contribution in [3.05, 3.63) is 35.7 Å². The first-order valence-electron chi connectivity index (χ1n) is 9.19. The van der Waals surface area contributed by atoms with Crippen molar-refractivity contribution in [2.24, 2.45) is 17.8 Å². The van der Waals surface area contributed by atoms with E-state index in [0.717, 1.165) is 18.4 Å². The number of amides is 1. The summed E-state index contributed by atoms with van der Waals surface area (Å²) >= 11 is 0. The van der Waals surface area contributed by atoms with Crippen molar-refractivity contribution < 1.29 is 19.6 Å². The Morgan fingerprint density at radius 2 is 1.93 bits per heavy atom. The van der Waals surface area contributed by atoms with Crippen molar-refractivity contribution in [3.8, 4) is 0 Å². The average Bonchev–Trinajstić information content (AvgIpc) is 2.82. The Kier molecular flexibility index (Phi) is 5.57. The van der Waals surface area contributed by atoms with Crippen LogP contribution in [-0.2, 0) is 9.59 Å². The van der Waals surface area contributed by atoms with Crippen LogP contribution >= 0.6 is 0 Å². The van der Waals surface area contributed by atoms with Gasteiger partial charge in [-0.1, -0.05) is 19.1 Å². The van der Waals surface area contributed by atoms with Gasteiger partial charge in [-0.05, 0) is 49.5 Å². The molecule has 1 saturated carbocycles. The van der Waals surface area contributed by atoms with E-state index in [-0.39, 0.29) is 29.0 Å². The molecule has 0 unspecified atom stereocenters. The highest BCUT2D eigenvalue weighted by Crippen LogP contribution is 2.45. The number of hydrogen-bond donors (Lipinski definition) is 3. The third-order valence-corrected chi connectivity index (χ3v) is 5.86. The highest BCUT2D eigenvalue weighted by molar-refractivity contribution is 6.58. The van der Waals surface area contributed by atoms with Gasteiger partial charge in [0.25, 0.3) is 5.91 Å². The number of Topliss-reactive ketones (excluding diaryl/α,β-unsaturated/α-hetero) is 1. The number of nitrogens with zero attached hydrogens (tertiary/aromatic N) is 2. The van der Waals surface area contributed by atoms with E-state index in [2.05, 4.69) is 28.8 Å². The minimum atomic E-state index is -1.66. The summed E-state index contributed by atoms with van der Waals surface area (Å²) in [4.78, 5) is 32.5. The van der Waals surface area contributed by atoms with Gasteiger partial charge in [0.2, 0.25) is 5.95 Å². The molecule has 2 aliphatic carbocycles. The highest BCUT2D eigenvalue weighted by atomic mass is 16.4. The molecule has 142 valence electrons. The maximum absolute atomic E-state index is 12.6. The Morgan fingerprint density at radius 3 is 2.56 bits per heavy atom. The summed E-state index contributed by atoms with van der Waals surface area (Å²) in [5.74, 6) is 0.633. The number of rotatable bonds is 4. The molecule has 2 aliphatic rings. The molecule has 1 aromatic heterocycles. The molecule has 3 rings (SSSR count). The molecule has 7 nitrogen and oxygen atoms in total. The summed E-state index contributed by atoms with van der Waals surface area (Å²) in [5.41, 5.74) is 2.64. The maximum atomic E-state index is 12.6. The predicted molar refractivity (Wildman–Crippen MR) is 102 cm³/mol. The van der Waals surface area contributed by atoms with Gasteiger partial charge < -0.3 is 10.0 Å². The van der Waals surface area contributed by atoms with Gasteiger partial charge in [0.05, 0.1) is 0 Å². The zero-order valence-electron chi connectivity index (χ0n) is 15.6. The molecule has 27 heavy (non-hydrogen) atoms. The van der Waals surface area contributed by atoms with Gasteiger partial charge in [-0.15, -0.1) is 0 Å². The van der Waals surface area contributed by atoms with Crippen LogP contribution in [0, 0.1) is 17.8 Å². The Labute approximate surface area is 158 Å². The molecule has 0 saturated heterocycles. The molecule has 0 spiro atoms. The second kappa shape index (κ2) is 7.74. The van der Waals surface area contributed by atoms with Crippen LogP contribution in [0.15, 0.2) is 35.7 Å². The molecular formula is C19H24BN3O4. The molecule has 1 amide bonds. The summed E-state index contributed by atoms with van der Waals surface area (Å²) in [7, 11) is -1.66. The van der Waals surface area contributed by atoms with Crippen LogP contribution in [-0.4, -0.2) is 38.8 Å². The third kappa shape index (κ3) is 4.01. The van der Waals surface area contributed by atoms with Crippen molar-refractivity contribution in [1.82, 2.24) is 9.97 Å². The smallest absolute Gasteiger partial charge is 0.423 e. The van der Waals surface area contributed by atoms with E-state index in [4.69, 9.17) is 10.0 Å². The molecule has 1 aromatic rings. The fourth-order valence-electron chi connectivity index (χ4n) is 4.02. The number of carbonyl (C=O) groups is 2. The summed E-state index contributed by atoms with van der Waals surface area (Å²) < 4.78 is 0. The second-order valence-corrected chi connectivity index (χ2v) is 7.53. The van der Waals surface area contributed by atoms with Gasteiger partial charge in [-0.25, -0.2) is 9.97 Å². The number of nitrogens with one attached hydrogen (secondary N) is 1. The lowest BCUT2D eigenvalue weighted by atomic mass is 9.83. The lowest BCUT2D eigenvalue weighted by molar-refractivity contribution is -0.115. The fraction of sp³-hybridized carbons (Fsp3) is 0.474. The molecule has 3 atom stereocenters. The SMILES string of the molecule is C=C(C(=O)Nc1ncc(B(O)O)cn1)[C@@H]1CC[C@H](C)[C@@H]2CC(=O)C(C)=C2C1. The number of fused-ring (bicyclic) bond motifs is 1. The molecule has 1 fully saturated rings. The molecule has 3 N–H and O–H groups in total. The monoisotopic (exact) mass is 369 g/mol. The largest absolute Gasteiger partial charge is 0.491 e. The average molecular weight is 369 g/mol. The fourth-order valence-corrected chi connectivity index (χ4v) is 4.02. The minimum absolute atomic E-state index is 0.0214. The van der Waals surface area contributed by atoms with E-state index in [1.165, 1.54) is 18.0 Å². The molecular weight excluding hydrogens is 345 g/mol. The molecule has 1 heterocycles. The van der Waals surface area contributed by atoms with Gasteiger partial charge in [0, 0.05) is 29.9 Å². The lowest BCUT2D eigenvalue weighted by Gasteiger charge is -2.19. The first-order chi connectivity index (χ1) is 12.8. The number of allylic oxidation sites excluding steroid dienone is 2. The highest BCUT2D eigenvalue weighted by Gasteiger charge is 2.38. The molecule has 0 radical (unpaired) electrons. The van der Waals surface area contributed by atoms with E-state index in [1.807, 2.05) is 6.92 Å². The number of hydrogen-bond acceptors (Lipinski definition) is 6. The molecule has 0 bridgehead atoms. The van der Waals surface area contributed by atoms with Crippen LogP contribution in [0.4, 0.5) is 5.95 Å². The molecule has 8 heteroatoms. The minimum Gasteiger partial charge on any atom is -0.423 e. The van der Waals surface area contributed by atoms with Crippen molar-refractivity contribution >= 4 is 30.2 Å². The van der Waals surface area contributed by atoms with E-state index in [9.17, 15) is 9.59 Å². The van der Waals surface area contributed by atoms with Crippen molar-refractivity contribution in [2.75, 3.05) is 5.32 Å². The topological polar surface area (TPSA) is 112 Å². The first-order valence-corrected chi connectivity index (χ1v) is 9.19. The first kappa shape index (κ1) is 19.4. The van der Waals surface area contributed by atoms with Gasteiger partial charge in [-0.2, -0.15) is 0 Å². The maximum Gasteiger partial charge on any atom is 0.491 e. The predicted octanol–water partition coefficient (Wildman–Crippen LogP) is 0.993. The summed E-state index contributed by atoms with van der Waals surface area (Å²) in [5, 5.41) is 20.7. The van der Waals surface area contributed by atoms with Crippen molar-refractivity contribution in [3.63, 3.8) is 0 Å². The van der Waals surface area contributed by atoms with Crippen LogP contribution in [0.2, 0.25) is 0 Å². The number of anilines is 1. The van der Waals surface area contributed by atoms with E-state index >= 15 is 0 Å². The number of aromatic nitrogens is 2. The Hall–Kier alpha value is -2.32. The Bertz CT molecular complexity index is 804.